The second kappa shape index (κ2) is 5.06. The van der Waals surface area contributed by atoms with Crippen LogP contribution < -0.4 is 0 Å². The molecule has 1 saturated heterocycles. The van der Waals surface area contributed by atoms with Crippen molar-refractivity contribution in [2.24, 2.45) is 0 Å². The number of amides is 1. The number of carbonyl (C=O) groups is 1. The predicted molar refractivity (Wildman–Crippen MR) is 64.0 cm³/mol. The van der Waals surface area contributed by atoms with Crippen LogP contribution in [0.15, 0.2) is 24.3 Å². The van der Waals surface area contributed by atoms with Gasteiger partial charge in [0, 0.05) is 17.9 Å². The summed E-state index contributed by atoms with van der Waals surface area (Å²) in [6.07, 6.45) is 0. The lowest BCUT2D eigenvalue weighted by molar-refractivity contribution is -0.128. The van der Waals surface area contributed by atoms with Gasteiger partial charge in [0.05, 0.1) is 0 Å². The minimum Gasteiger partial charge on any atom is -0.325 e. The maximum Gasteiger partial charge on any atom is 0.238 e. The highest BCUT2D eigenvalue weighted by Gasteiger charge is 2.31. The third-order valence-electron chi connectivity index (χ3n) is 2.50. The van der Waals surface area contributed by atoms with Crippen molar-refractivity contribution in [2.45, 2.75) is 5.37 Å². The number of rotatable bonds is 2. The van der Waals surface area contributed by atoms with Crippen LogP contribution >= 0.6 is 23.4 Å². The van der Waals surface area contributed by atoms with E-state index in [0.717, 1.165) is 5.75 Å². The predicted octanol–water partition coefficient (Wildman–Crippen LogP) is 2.64. The van der Waals surface area contributed by atoms with Gasteiger partial charge in [-0.15, -0.1) is 23.4 Å². The lowest BCUT2D eigenvalue weighted by Gasteiger charge is -2.23. The molecular formula is C11H11ClFNOS. The third-order valence-corrected chi connectivity index (χ3v) is 3.97. The Morgan fingerprint density at radius 3 is 3.00 bits per heavy atom. The van der Waals surface area contributed by atoms with Gasteiger partial charge in [0.2, 0.25) is 5.91 Å². The minimum absolute atomic E-state index is 0.0501. The molecule has 0 unspecified atom stereocenters. The molecule has 1 aromatic rings. The molecule has 0 radical (unpaired) electrons. The smallest absolute Gasteiger partial charge is 0.238 e. The summed E-state index contributed by atoms with van der Waals surface area (Å²) in [5.41, 5.74) is 0.559. The first kappa shape index (κ1) is 11.7. The first-order chi connectivity index (χ1) is 7.74. The zero-order chi connectivity index (χ0) is 11.5. The third kappa shape index (κ3) is 2.18. The van der Waals surface area contributed by atoms with Crippen LogP contribution in [0, 0.1) is 5.82 Å². The van der Waals surface area contributed by atoms with Crippen LogP contribution in [0.2, 0.25) is 0 Å². The molecule has 0 aliphatic carbocycles. The Balaban J connectivity index is 2.27. The van der Waals surface area contributed by atoms with Gasteiger partial charge in [0.15, 0.2) is 0 Å². The number of thioether (sulfide) groups is 1. The van der Waals surface area contributed by atoms with Gasteiger partial charge in [-0.2, -0.15) is 0 Å². The summed E-state index contributed by atoms with van der Waals surface area (Å²) < 4.78 is 13.6. The van der Waals surface area contributed by atoms with E-state index < -0.39 is 0 Å². The van der Waals surface area contributed by atoms with Crippen LogP contribution in [0.3, 0.4) is 0 Å². The molecule has 0 bridgehead atoms. The Hall–Kier alpha value is -0.740. The molecule has 86 valence electrons. The first-order valence-corrected chi connectivity index (χ1v) is 6.54. The van der Waals surface area contributed by atoms with E-state index in [-0.39, 0.29) is 23.0 Å². The molecule has 2 nitrogen and oxygen atoms in total. The summed E-state index contributed by atoms with van der Waals surface area (Å²) >= 11 is 7.10. The number of hydrogen-bond donors (Lipinski definition) is 0. The zero-order valence-electron chi connectivity index (χ0n) is 8.53. The molecule has 1 atom stereocenters. The van der Waals surface area contributed by atoms with Crippen LogP contribution in [0.5, 0.6) is 0 Å². The summed E-state index contributed by atoms with van der Waals surface area (Å²) in [7, 11) is 0. The number of benzene rings is 1. The van der Waals surface area contributed by atoms with E-state index in [1.165, 1.54) is 6.07 Å². The van der Waals surface area contributed by atoms with Gasteiger partial charge in [0.25, 0.3) is 0 Å². The van der Waals surface area contributed by atoms with E-state index in [9.17, 15) is 9.18 Å². The topological polar surface area (TPSA) is 20.3 Å². The maximum atomic E-state index is 13.6. The molecule has 0 spiro atoms. The molecule has 0 N–H and O–H groups in total. The number of halogens is 2. The number of carbonyl (C=O) groups excluding carboxylic acids is 1. The molecular weight excluding hydrogens is 249 g/mol. The molecule has 1 aliphatic heterocycles. The minimum atomic E-state index is -0.269. The number of alkyl halides is 1. The van der Waals surface area contributed by atoms with Crippen molar-refractivity contribution in [1.29, 1.82) is 0 Å². The van der Waals surface area contributed by atoms with E-state index in [1.54, 1.807) is 34.9 Å². The quantitative estimate of drug-likeness (QED) is 0.761. The van der Waals surface area contributed by atoms with Gasteiger partial charge < -0.3 is 4.90 Å². The highest BCUT2D eigenvalue weighted by atomic mass is 35.5. The normalized spacial score (nSPS) is 20.1. The van der Waals surface area contributed by atoms with Crippen molar-refractivity contribution in [3.8, 4) is 0 Å². The van der Waals surface area contributed by atoms with E-state index in [0.29, 0.717) is 12.1 Å². The summed E-state index contributed by atoms with van der Waals surface area (Å²) in [4.78, 5) is 13.2. The van der Waals surface area contributed by atoms with Crippen LogP contribution in [0.25, 0.3) is 0 Å². The number of hydrogen-bond acceptors (Lipinski definition) is 2. The average molecular weight is 260 g/mol. The standard InChI is InChI=1S/C11H11ClFNOS/c12-7-10(15)14-5-6-16-11(14)8-3-1-2-4-9(8)13/h1-4,11H,5-7H2/t11-/m0/s1. The molecule has 2 rings (SSSR count). The van der Waals surface area contributed by atoms with Gasteiger partial charge in [-0.25, -0.2) is 4.39 Å². The molecule has 1 aliphatic rings. The van der Waals surface area contributed by atoms with Gasteiger partial charge in [-0.1, -0.05) is 18.2 Å². The van der Waals surface area contributed by atoms with E-state index in [1.807, 2.05) is 0 Å². The van der Waals surface area contributed by atoms with Crippen LogP contribution in [-0.2, 0) is 4.79 Å². The Morgan fingerprint density at radius 2 is 2.31 bits per heavy atom. The van der Waals surface area contributed by atoms with Crippen molar-refractivity contribution in [1.82, 2.24) is 4.90 Å². The SMILES string of the molecule is O=C(CCl)N1CCS[C@H]1c1ccccc1F. The van der Waals surface area contributed by atoms with Crippen molar-refractivity contribution in [3.05, 3.63) is 35.6 Å². The monoisotopic (exact) mass is 259 g/mol. The Morgan fingerprint density at radius 1 is 1.56 bits per heavy atom. The molecule has 1 heterocycles. The highest BCUT2D eigenvalue weighted by Crippen LogP contribution is 2.38. The molecule has 1 fully saturated rings. The zero-order valence-corrected chi connectivity index (χ0v) is 10.1. The second-order valence-electron chi connectivity index (χ2n) is 3.47. The molecule has 1 amide bonds. The van der Waals surface area contributed by atoms with Crippen molar-refractivity contribution in [2.75, 3.05) is 18.2 Å². The first-order valence-electron chi connectivity index (χ1n) is 4.95. The fourth-order valence-corrected chi connectivity index (χ4v) is 3.19. The van der Waals surface area contributed by atoms with E-state index in [4.69, 9.17) is 11.6 Å². The fourth-order valence-electron chi connectivity index (χ4n) is 1.74. The summed E-state index contributed by atoms with van der Waals surface area (Å²) in [5, 5.41) is -0.229. The summed E-state index contributed by atoms with van der Waals surface area (Å²) in [6.45, 7) is 0.634. The molecule has 16 heavy (non-hydrogen) atoms. The second-order valence-corrected chi connectivity index (χ2v) is 4.92. The van der Waals surface area contributed by atoms with Gasteiger partial charge in [-0.05, 0) is 6.07 Å². The maximum absolute atomic E-state index is 13.6. The van der Waals surface area contributed by atoms with Crippen molar-refractivity contribution in [3.63, 3.8) is 0 Å². The summed E-state index contributed by atoms with van der Waals surface area (Å²) in [5.74, 6) is 0.363. The Bertz CT molecular complexity index is 401. The van der Waals surface area contributed by atoms with Gasteiger partial charge in [-0.3, -0.25) is 4.79 Å². The van der Waals surface area contributed by atoms with E-state index in [2.05, 4.69) is 0 Å². The van der Waals surface area contributed by atoms with Gasteiger partial charge >= 0.3 is 0 Å². The Labute approximate surface area is 103 Å². The molecule has 0 saturated carbocycles. The van der Waals surface area contributed by atoms with E-state index >= 15 is 0 Å². The lowest BCUT2D eigenvalue weighted by Crippen LogP contribution is -2.31. The largest absolute Gasteiger partial charge is 0.325 e. The Kier molecular flexibility index (Phi) is 3.71. The highest BCUT2D eigenvalue weighted by molar-refractivity contribution is 7.99. The fraction of sp³-hybridized carbons (Fsp3) is 0.364. The van der Waals surface area contributed by atoms with Crippen LogP contribution in [0.1, 0.15) is 10.9 Å². The number of nitrogens with zero attached hydrogens (tertiary/aromatic N) is 1. The average Bonchev–Trinajstić information content (AvgIpc) is 2.77. The lowest BCUT2D eigenvalue weighted by atomic mass is 10.2. The van der Waals surface area contributed by atoms with Crippen LogP contribution in [-0.4, -0.2) is 29.0 Å². The van der Waals surface area contributed by atoms with Gasteiger partial charge in [0.1, 0.15) is 17.1 Å². The van der Waals surface area contributed by atoms with Crippen molar-refractivity contribution < 1.29 is 9.18 Å². The molecule has 5 heteroatoms. The molecule has 0 aromatic heterocycles. The molecule has 1 aromatic carbocycles. The van der Waals surface area contributed by atoms with Crippen molar-refractivity contribution >= 4 is 29.3 Å². The summed E-state index contributed by atoms with van der Waals surface area (Å²) in [6, 6.07) is 6.55. The van der Waals surface area contributed by atoms with Crippen LogP contribution in [0.4, 0.5) is 4.39 Å².